The molecular weight excluding hydrogens is 730 g/mol. The third-order valence-corrected chi connectivity index (χ3v) is 13.4. The van der Waals surface area contributed by atoms with Crippen LogP contribution in [0.15, 0.2) is 41.5 Å². The molecule has 4 bridgehead atoms. The van der Waals surface area contributed by atoms with Gasteiger partial charge in [-0.2, -0.15) is 0 Å². The normalized spacial score (nSPS) is 27.3. The van der Waals surface area contributed by atoms with Crippen molar-refractivity contribution in [2.24, 2.45) is 27.0 Å². The lowest BCUT2D eigenvalue weighted by molar-refractivity contribution is -0.242. The number of halogens is 1. The number of carboxylic acids is 1. The van der Waals surface area contributed by atoms with Gasteiger partial charge in [0.1, 0.15) is 11.6 Å². The summed E-state index contributed by atoms with van der Waals surface area (Å²) in [5, 5.41) is 23.3. The third-order valence-electron chi connectivity index (χ3n) is 12.4. The molecule has 1 aliphatic heterocycles. The van der Waals surface area contributed by atoms with Crippen LogP contribution in [-0.4, -0.2) is 87.8 Å². The Morgan fingerprint density at radius 1 is 1.11 bits per heavy atom. The molecule has 9 rings (SSSR count). The van der Waals surface area contributed by atoms with Crippen LogP contribution in [0.1, 0.15) is 92.9 Å². The zero-order chi connectivity index (χ0) is 39.6. The van der Waals surface area contributed by atoms with Crippen molar-refractivity contribution in [2.75, 3.05) is 50.6 Å². The second kappa shape index (κ2) is 14.1. The summed E-state index contributed by atoms with van der Waals surface area (Å²) < 4.78 is 21.6. The molecule has 1 aromatic carbocycles. The van der Waals surface area contributed by atoms with E-state index in [4.69, 9.17) is 20.4 Å². The van der Waals surface area contributed by atoms with Gasteiger partial charge < -0.3 is 30.7 Å². The predicted molar refractivity (Wildman–Crippen MR) is 220 cm³/mol. The van der Waals surface area contributed by atoms with Gasteiger partial charge in [0, 0.05) is 53.8 Å². The molecule has 0 radical (unpaired) electrons. The Morgan fingerprint density at radius 2 is 1.88 bits per heavy atom. The number of hydrogen-bond acceptors (Lipinski definition) is 12. The number of carboxylic acid groups (broad SMARTS) is 1. The molecule has 4 aliphatic carbocycles. The Morgan fingerprint density at radius 3 is 2.57 bits per heavy atom. The van der Waals surface area contributed by atoms with Crippen LogP contribution in [0.2, 0.25) is 0 Å². The van der Waals surface area contributed by atoms with Crippen LogP contribution >= 0.6 is 11.3 Å². The molecule has 2 atom stereocenters. The minimum absolute atomic E-state index is 0.0115. The summed E-state index contributed by atoms with van der Waals surface area (Å²) in [4.78, 5) is 31.4. The van der Waals surface area contributed by atoms with E-state index in [1.165, 1.54) is 30.0 Å². The van der Waals surface area contributed by atoms with Gasteiger partial charge >= 0.3 is 5.97 Å². The maximum absolute atomic E-state index is 14.3. The van der Waals surface area contributed by atoms with Gasteiger partial charge in [-0.05, 0) is 120 Å². The highest BCUT2D eigenvalue weighted by Gasteiger charge is 2.66. The monoisotopic (exact) mass is 781 g/mol. The van der Waals surface area contributed by atoms with Crippen molar-refractivity contribution in [3.63, 3.8) is 0 Å². The van der Waals surface area contributed by atoms with E-state index >= 15 is 0 Å². The van der Waals surface area contributed by atoms with E-state index in [1.807, 2.05) is 24.8 Å². The first-order valence-corrected chi connectivity index (χ1v) is 20.4. The number of likely N-dealkylation sites (N-methyl/N-ethyl adjacent to an activating group) is 1. The first-order chi connectivity index (χ1) is 26.6. The second-order valence-corrected chi connectivity index (χ2v) is 18.8. The lowest BCUT2D eigenvalue weighted by Crippen LogP contribution is -2.64. The van der Waals surface area contributed by atoms with E-state index in [-0.39, 0.29) is 33.4 Å². The number of aromatic carboxylic acids is 1. The third kappa shape index (κ3) is 7.04. The average Bonchev–Trinajstić information content (AvgIpc) is 3.54. The van der Waals surface area contributed by atoms with Gasteiger partial charge in [0.2, 0.25) is 0 Å². The van der Waals surface area contributed by atoms with E-state index < -0.39 is 5.97 Å². The average molecular weight is 782 g/mol. The highest BCUT2D eigenvalue weighted by Crippen LogP contribution is 2.71. The number of allylic oxidation sites excluding steroid dienone is 1. The Bertz CT molecular complexity index is 2250. The quantitative estimate of drug-likeness (QED) is 0.120. The van der Waals surface area contributed by atoms with E-state index in [0.29, 0.717) is 62.7 Å². The van der Waals surface area contributed by atoms with Crippen molar-refractivity contribution in [1.29, 1.82) is 0 Å². The van der Waals surface area contributed by atoms with Gasteiger partial charge in [0.15, 0.2) is 22.5 Å². The summed E-state index contributed by atoms with van der Waals surface area (Å²) in [5.41, 5.74) is 10.6. The van der Waals surface area contributed by atoms with Crippen LogP contribution in [0.25, 0.3) is 15.8 Å². The van der Waals surface area contributed by atoms with Gasteiger partial charge in [0.25, 0.3) is 0 Å². The predicted octanol–water partition coefficient (Wildman–Crippen LogP) is 7.91. The molecule has 4 N–H and O–H groups in total. The van der Waals surface area contributed by atoms with Crippen LogP contribution < -0.4 is 16.0 Å². The number of nitrogens with one attached hydrogen (secondary N) is 1. The second-order valence-electron chi connectivity index (χ2n) is 17.8. The van der Waals surface area contributed by atoms with Crippen molar-refractivity contribution in [2.45, 2.75) is 84.7 Å². The standard InChI is InChI=1S/C42H52FN9O3S/c1-25-27-9-8-14-52(36(27)50-49-35(25)48-38-46-31-11-7-10-30(43)34(31)56-38)32-13-12-28(33(47-32)37(53)54)29(17-44)26(2)45-24-41-19-39(3)18-40(4,20-41)22-42(21-39,23-41)55-16-15-51(5)6/h7,10-13,17H,8-9,14-16,18-24,44H2,1-6H3,(H,53,54)(H,46,48,49)/b29-17+,45-26?. The van der Waals surface area contributed by atoms with Crippen molar-refractivity contribution in [3.8, 4) is 0 Å². The lowest BCUT2D eigenvalue weighted by atomic mass is 9.39. The van der Waals surface area contributed by atoms with E-state index in [1.54, 1.807) is 18.2 Å². The lowest BCUT2D eigenvalue weighted by Gasteiger charge is -2.69. The van der Waals surface area contributed by atoms with E-state index in [0.717, 1.165) is 69.2 Å². The van der Waals surface area contributed by atoms with Gasteiger partial charge in [0.05, 0.1) is 22.4 Å². The van der Waals surface area contributed by atoms with E-state index in [2.05, 4.69) is 53.3 Å². The van der Waals surface area contributed by atoms with Crippen LogP contribution in [-0.2, 0) is 11.2 Å². The van der Waals surface area contributed by atoms with Gasteiger partial charge in [-0.15, -0.1) is 10.2 Å². The Hall–Kier alpha value is -4.53. The van der Waals surface area contributed by atoms with Crippen molar-refractivity contribution >= 4 is 61.4 Å². The number of benzene rings is 1. The fourth-order valence-corrected chi connectivity index (χ4v) is 12.2. The molecular formula is C42H52FN9O3S. The molecule has 12 nitrogen and oxygen atoms in total. The highest BCUT2D eigenvalue weighted by molar-refractivity contribution is 7.22. The summed E-state index contributed by atoms with van der Waals surface area (Å²) in [6.45, 7) is 11.6. The molecule has 56 heavy (non-hydrogen) atoms. The van der Waals surface area contributed by atoms with Gasteiger partial charge in [-0.3, -0.25) is 4.99 Å². The summed E-state index contributed by atoms with van der Waals surface area (Å²) >= 11 is 1.22. The fourth-order valence-electron chi connectivity index (χ4n) is 11.3. The Balaban J connectivity index is 1.04. The van der Waals surface area contributed by atoms with Gasteiger partial charge in [-0.1, -0.05) is 31.3 Å². The van der Waals surface area contributed by atoms with Crippen LogP contribution in [0.3, 0.4) is 0 Å². The summed E-state index contributed by atoms with van der Waals surface area (Å²) in [6, 6.07) is 8.43. The summed E-state index contributed by atoms with van der Waals surface area (Å²) in [5.74, 6) is 0.155. The minimum Gasteiger partial charge on any atom is -0.476 e. The Labute approximate surface area is 331 Å². The molecule has 0 amide bonds. The number of rotatable bonds is 12. The largest absolute Gasteiger partial charge is 0.476 e. The molecule has 2 unspecified atom stereocenters. The summed E-state index contributed by atoms with van der Waals surface area (Å²) in [7, 11) is 4.17. The first kappa shape index (κ1) is 38.3. The first-order valence-electron chi connectivity index (χ1n) is 19.5. The SMILES string of the molecule is CC(=NCC12CC3(C)CC(C)(C1)CC(OCCN(C)C)(C3)C2)/C(=C\N)c1ccc(N2CCCc3c2nnc(Nc2nc4cccc(F)c4s2)c3C)nc1C(=O)O. The molecule has 4 heterocycles. The number of thiazole rings is 1. The number of nitrogens with zero attached hydrogens (tertiary/aromatic N) is 7. The van der Waals surface area contributed by atoms with Crippen LogP contribution in [0.5, 0.6) is 0 Å². The maximum Gasteiger partial charge on any atom is 0.355 e. The number of aromatic nitrogens is 4. The fraction of sp³-hybridized carbons (Fsp3) is 0.524. The molecule has 0 saturated heterocycles. The molecule has 4 saturated carbocycles. The van der Waals surface area contributed by atoms with Crippen molar-refractivity contribution < 1.29 is 19.0 Å². The smallest absolute Gasteiger partial charge is 0.355 e. The highest BCUT2D eigenvalue weighted by atomic mass is 32.1. The molecule has 296 valence electrons. The molecule has 5 aliphatic rings. The zero-order valence-electron chi connectivity index (χ0n) is 33.2. The molecule has 4 fully saturated rings. The molecule has 4 aromatic rings. The Kier molecular flexibility index (Phi) is 9.68. The summed E-state index contributed by atoms with van der Waals surface area (Å²) in [6.07, 6.45) is 9.65. The number of aliphatic imine (C=N–C) groups is 1. The molecule has 14 heteroatoms. The van der Waals surface area contributed by atoms with E-state index in [9.17, 15) is 14.3 Å². The topological polar surface area (TPSA) is 155 Å². The number of fused-ring (bicyclic) bond motifs is 2. The number of nitrogens with two attached hydrogens (primary N) is 1. The van der Waals surface area contributed by atoms with Gasteiger partial charge in [-0.25, -0.2) is 19.2 Å². The van der Waals surface area contributed by atoms with Crippen LogP contribution in [0, 0.1) is 29.0 Å². The van der Waals surface area contributed by atoms with Crippen LogP contribution in [0.4, 0.5) is 27.0 Å². The zero-order valence-corrected chi connectivity index (χ0v) is 34.0. The number of pyridine rings is 1. The maximum atomic E-state index is 14.3. The molecule has 3 aromatic heterocycles. The number of carbonyl (C=O) groups is 1. The van der Waals surface area contributed by atoms with Crippen molar-refractivity contribution in [1.82, 2.24) is 25.1 Å². The number of ether oxygens (including phenoxy) is 1. The minimum atomic E-state index is -1.15. The number of anilines is 4. The molecule has 0 spiro atoms. The van der Waals surface area contributed by atoms with Crippen molar-refractivity contribution in [3.05, 3.63) is 64.7 Å². The number of hydrogen-bond donors (Lipinski definition) is 3.